The van der Waals surface area contributed by atoms with Crippen molar-refractivity contribution in [2.24, 2.45) is 0 Å². The molecular formula is C19H23NO2S. The van der Waals surface area contributed by atoms with Crippen LogP contribution in [0.1, 0.15) is 29.8 Å². The topological polar surface area (TPSA) is 39.2 Å². The summed E-state index contributed by atoms with van der Waals surface area (Å²) < 4.78 is 5.27. The quantitative estimate of drug-likeness (QED) is 0.410. The first-order chi connectivity index (χ1) is 11.1. The molecule has 1 aromatic heterocycles. The molecule has 23 heavy (non-hydrogen) atoms. The number of rotatable bonds is 8. The number of nitrogens with zero attached hydrogens (tertiary/aromatic N) is 1. The monoisotopic (exact) mass is 329 g/mol. The van der Waals surface area contributed by atoms with E-state index in [4.69, 9.17) is 4.74 Å². The summed E-state index contributed by atoms with van der Waals surface area (Å²) in [6.07, 6.45) is 2.10. The zero-order valence-corrected chi connectivity index (χ0v) is 14.6. The van der Waals surface area contributed by atoms with Crippen LogP contribution >= 0.6 is 11.8 Å². The summed E-state index contributed by atoms with van der Waals surface area (Å²) in [4.78, 5) is 17.3. The lowest BCUT2D eigenvalue weighted by molar-refractivity contribution is -0.143. The number of hydrogen-bond acceptors (Lipinski definition) is 4. The van der Waals surface area contributed by atoms with Crippen molar-refractivity contribution in [3.8, 4) is 0 Å². The predicted molar refractivity (Wildman–Crippen MR) is 94.8 cm³/mol. The second-order valence-electron chi connectivity index (χ2n) is 5.51. The Morgan fingerprint density at radius 3 is 2.65 bits per heavy atom. The van der Waals surface area contributed by atoms with E-state index in [9.17, 15) is 4.79 Å². The Kier molecular flexibility index (Phi) is 7.14. The molecule has 0 bridgehead atoms. The van der Waals surface area contributed by atoms with Gasteiger partial charge in [-0.2, -0.15) is 0 Å². The molecule has 0 radical (unpaired) electrons. The third kappa shape index (κ3) is 6.87. The lowest BCUT2D eigenvalue weighted by atomic mass is 10.2. The Hall–Kier alpha value is -1.81. The highest BCUT2D eigenvalue weighted by atomic mass is 32.2. The maximum absolute atomic E-state index is 11.7. The molecule has 0 spiro atoms. The second-order valence-corrected chi connectivity index (χ2v) is 6.67. The molecule has 0 atom stereocenters. The van der Waals surface area contributed by atoms with Gasteiger partial charge in [0.2, 0.25) is 0 Å². The molecule has 0 saturated heterocycles. The van der Waals surface area contributed by atoms with Gasteiger partial charge >= 0.3 is 5.97 Å². The van der Waals surface area contributed by atoms with E-state index < -0.39 is 0 Å². The molecule has 0 aliphatic rings. The molecule has 2 aromatic rings. The number of pyridine rings is 1. The number of benzene rings is 1. The predicted octanol–water partition coefficient (Wildman–Crippen LogP) is 4.36. The zero-order chi connectivity index (χ0) is 16.5. The van der Waals surface area contributed by atoms with Crippen LogP contribution in [0.25, 0.3) is 0 Å². The molecule has 4 heteroatoms. The molecule has 2 rings (SSSR count). The Bertz CT molecular complexity index is 626. The third-order valence-electron chi connectivity index (χ3n) is 3.38. The minimum absolute atomic E-state index is 0.123. The fraction of sp³-hybridized carbons (Fsp3) is 0.368. The van der Waals surface area contributed by atoms with E-state index >= 15 is 0 Å². The highest BCUT2D eigenvalue weighted by Crippen LogP contribution is 2.19. The molecule has 0 N–H and O–H groups in total. The minimum atomic E-state index is -0.123. The SMILES string of the molecule is Cc1ccc(SCCC(=O)OCCCc2cccc(C)n2)cc1. The average molecular weight is 329 g/mol. The van der Waals surface area contributed by atoms with Crippen molar-refractivity contribution in [1.82, 2.24) is 4.98 Å². The molecule has 1 heterocycles. The molecule has 0 saturated carbocycles. The molecule has 0 aliphatic carbocycles. The molecule has 0 fully saturated rings. The molecule has 3 nitrogen and oxygen atoms in total. The van der Waals surface area contributed by atoms with Crippen molar-refractivity contribution in [3.05, 3.63) is 59.4 Å². The first-order valence-corrected chi connectivity index (χ1v) is 8.90. The first kappa shape index (κ1) is 17.5. The maximum atomic E-state index is 11.7. The Balaban J connectivity index is 1.57. The average Bonchev–Trinajstić information content (AvgIpc) is 2.54. The highest BCUT2D eigenvalue weighted by Gasteiger charge is 2.04. The standard InChI is InChI=1S/C19H23NO2S/c1-15-8-10-18(11-9-15)23-14-12-19(21)22-13-4-7-17-6-3-5-16(2)20-17/h3,5-6,8-11H,4,7,12-14H2,1-2H3. The van der Waals surface area contributed by atoms with Crippen molar-refractivity contribution in [3.63, 3.8) is 0 Å². The number of aryl methyl sites for hydroxylation is 3. The van der Waals surface area contributed by atoms with Gasteiger partial charge in [0.15, 0.2) is 0 Å². The van der Waals surface area contributed by atoms with Gasteiger partial charge in [-0.05, 0) is 51.0 Å². The van der Waals surface area contributed by atoms with Crippen molar-refractivity contribution < 1.29 is 9.53 Å². The normalized spacial score (nSPS) is 10.5. The van der Waals surface area contributed by atoms with Gasteiger partial charge in [0.25, 0.3) is 0 Å². The third-order valence-corrected chi connectivity index (χ3v) is 4.40. The van der Waals surface area contributed by atoms with Gasteiger partial charge in [-0.1, -0.05) is 23.8 Å². The van der Waals surface area contributed by atoms with Gasteiger partial charge in [0.05, 0.1) is 13.0 Å². The number of carbonyl (C=O) groups is 1. The van der Waals surface area contributed by atoms with Crippen LogP contribution in [-0.2, 0) is 16.0 Å². The number of ether oxygens (including phenoxy) is 1. The van der Waals surface area contributed by atoms with Crippen LogP contribution in [0, 0.1) is 13.8 Å². The van der Waals surface area contributed by atoms with Gasteiger partial charge in [0.1, 0.15) is 0 Å². The summed E-state index contributed by atoms with van der Waals surface area (Å²) in [7, 11) is 0. The van der Waals surface area contributed by atoms with Gasteiger partial charge in [-0.3, -0.25) is 9.78 Å². The van der Waals surface area contributed by atoms with E-state index in [1.54, 1.807) is 11.8 Å². The lowest BCUT2D eigenvalue weighted by Crippen LogP contribution is -2.07. The summed E-state index contributed by atoms with van der Waals surface area (Å²) in [5, 5.41) is 0. The smallest absolute Gasteiger partial charge is 0.306 e. The Morgan fingerprint density at radius 2 is 1.91 bits per heavy atom. The lowest BCUT2D eigenvalue weighted by Gasteiger charge is -2.05. The van der Waals surface area contributed by atoms with Gasteiger partial charge < -0.3 is 4.74 Å². The molecule has 0 unspecified atom stereocenters. The number of aromatic nitrogens is 1. The van der Waals surface area contributed by atoms with Crippen molar-refractivity contribution in [2.75, 3.05) is 12.4 Å². The van der Waals surface area contributed by atoms with Gasteiger partial charge in [-0.25, -0.2) is 0 Å². The summed E-state index contributed by atoms with van der Waals surface area (Å²) >= 11 is 1.68. The molecular weight excluding hydrogens is 306 g/mol. The Morgan fingerprint density at radius 1 is 1.13 bits per heavy atom. The van der Waals surface area contributed by atoms with E-state index in [1.807, 2.05) is 25.1 Å². The van der Waals surface area contributed by atoms with E-state index in [2.05, 4.69) is 36.2 Å². The van der Waals surface area contributed by atoms with Crippen molar-refractivity contribution in [1.29, 1.82) is 0 Å². The van der Waals surface area contributed by atoms with Crippen molar-refractivity contribution >= 4 is 17.7 Å². The molecule has 0 amide bonds. The summed E-state index contributed by atoms with van der Waals surface area (Å²) in [6, 6.07) is 14.3. The van der Waals surface area contributed by atoms with Crippen LogP contribution in [0.4, 0.5) is 0 Å². The molecule has 0 aliphatic heterocycles. The summed E-state index contributed by atoms with van der Waals surface area (Å²) in [5.41, 5.74) is 3.32. The minimum Gasteiger partial charge on any atom is -0.466 e. The van der Waals surface area contributed by atoms with E-state index in [-0.39, 0.29) is 5.97 Å². The second kappa shape index (κ2) is 9.36. The number of esters is 1. The molecule has 1 aromatic carbocycles. The maximum Gasteiger partial charge on any atom is 0.306 e. The van der Waals surface area contributed by atoms with E-state index in [0.717, 1.165) is 30.0 Å². The number of hydrogen-bond donors (Lipinski definition) is 0. The van der Waals surface area contributed by atoms with Crippen LogP contribution in [0.15, 0.2) is 47.4 Å². The van der Waals surface area contributed by atoms with E-state index in [1.165, 1.54) is 10.5 Å². The largest absolute Gasteiger partial charge is 0.466 e. The zero-order valence-electron chi connectivity index (χ0n) is 13.7. The van der Waals surface area contributed by atoms with Crippen molar-refractivity contribution in [2.45, 2.75) is 38.0 Å². The fourth-order valence-electron chi connectivity index (χ4n) is 2.14. The van der Waals surface area contributed by atoms with Gasteiger partial charge in [0, 0.05) is 22.0 Å². The highest BCUT2D eigenvalue weighted by molar-refractivity contribution is 7.99. The first-order valence-electron chi connectivity index (χ1n) is 7.91. The Labute approximate surface area is 142 Å². The van der Waals surface area contributed by atoms with Gasteiger partial charge in [-0.15, -0.1) is 11.8 Å². The number of carbonyl (C=O) groups excluding carboxylic acids is 1. The fourth-order valence-corrected chi connectivity index (χ4v) is 2.97. The van der Waals surface area contributed by atoms with Crippen LogP contribution in [0.5, 0.6) is 0 Å². The van der Waals surface area contributed by atoms with Crippen LogP contribution < -0.4 is 0 Å². The number of thioether (sulfide) groups is 1. The summed E-state index contributed by atoms with van der Waals surface area (Å²) in [5.74, 6) is 0.628. The van der Waals surface area contributed by atoms with Crippen LogP contribution in [-0.4, -0.2) is 23.3 Å². The van der Waals surface area contributed by atoms with E-state index in [0.29, 0.717) is 13.0 Å². The molecule has 122 valence electrons. The summed E-state index contributed by atoms with van der Waals surface area (Å²) in [6.45, 7) is 4.51. The van der Waals surface area contributed by atoms with Crippen LogP contribution in [0.2, 0.25) is 0 Å². The van der Waals surface area contributed by atoms with Crippen LogP contribution in [0.3, 0.4) is 0 Å².